The third kappa shape index (κ3) is 6.19. The smallest absolute Gasteiger partial charge is 0.308 e. The number of ether oxygens (including phenoxy) is 3. The van der Waals surface area contributed by atoms with E-state index < -0.39 is 17.9 Å². The van der Waals surface area contributed by atoms with E-state index in [9.17, 15) is 14.4 Å². The van der Waals surface area contributed by atoms with E-state index in [2.05, 4.69) is 6.92 Å². The zero-order valence-corrected chi connectivity index (χ0v) is 19.6. The summed E-state index contributed by atoms with van der Waals surface area (Å²) in [4.78, 5) is 34.6. The first-order valence-corrected chi connectivity index (χ1v) is 10.9. The molecule has 0 aliphatic heterocycles. The van der Waals surface area contributed by atoms with Crippen LogP contribution in [0.2, 0.25) is 0 Å². The molecule has 0 bridgehead atoms. The third-order valence-electron chi connectivity index (χ3n) is 4.92. The van der Waals surface area contributed by atoms with E-state index in [0.717, 1.165) is 34.3 Å². The monoisotopic (exact) mass is 458 g/mol. The lowest BCUT2D eigenvalue weighted by Gasteiger charge is -2.18. The Labute approximate surface area is 198 Å². The van der Waals surface area contributed by atoms with Crippen LogP contribution in [0.25, 0.3) is 11.1 Å². The fraction of sp³-hybridized carbons (Fsp3) is 0.179. The van der Waals surface area contributed by atoms with Crippen LogP contribution in [0, 0.1) is 0 Å². The maximum absolute atomic E-state index is 11.7. The van der Waals surface area contributed by atoms with Gasteiger partial charge in [-0.05, 0) is 58.5 Å². The fourth-order valence-electron chi connectivity index (χ4n) is 3.67. The van der Waals surface area contributed by atoms with Crippen molar-refractivity contribution in [3.63, 3.8) is 0 Å². The van der Waals surface area contributed by atoms with Crippen molar-refractivity contribution >= 4 is 29.1 Å². The molecule has 0 fully saturated rings. The van der Waals surface area contributed by atoms with Crippen LogP contribution in [0.3, 0.4) is 0 Å². The lowest BCUT2D eigenvalue weighted by molar-refractivity contribution is -0.134. The molecule has 174 valence electrons. The van der Waals surface area contributed by atoms with Crippen LogP contribution in [-0.2, 0) is 14.4 Å². The lowest BCUT2D eigenvalue weighted by Crippen LogP contribution is -2.07. The van der Waals surface area contributed by atoms with Crippen LogP contribution in [0.15, 0.2) is 72.8 Å². The molecule has 0 radical (unpaired) electrons. The average Bonchev–Trinajstić information content (AvgIpc) is 2.79. The Balaban J connectivity index is 2.23. The van der Waals surface area contributed by atoms with Crippen LogP contribution in [0.5, 0.6) is 17.2 Å². The highest BCUT2D eigenvalue weighted by Gasteiger charge is 2.18. The van der Waals surface area contributed by atoms with Crippen LogP contribution in [0.1, 0.15) is 50.8 Å². The second kappa shape index (κ2) is 11.1. The zero-order chi connectivity index (χ0) is 24.7. The molecule has 3 aromatic rings. The van der Waals surface area contributed by atoms with Gasteiger partial charge < -0.3 is 14.2 Å². The van der Waals surface area contributed by atoms with E-state index in [1.54, 1.807) is 24.3 Å². The summed E-state index contributed by atoms with van der Waals surface area (Å²) in [7, 11) is 0. The predicted molar refractivity (Wildman–Crippen MR) is 129 cm³/mol. The number of benzene rings is 3. The van der Waals surface area contributed by atoms with Crippen molar-refractivity contribution in [1.82, 2.24) is 0 Å². The van der Waals surface area contributed by atoms with Gasteiger partial charge in [-0.15, -0.1) is 0 Å². The molecule has 0 N–H and O–H groups in total. The molecule has 0 amide bonds. The van der Waals surface area contributed by atoms with Crippen molar-refractivity contribution in [3.05, 3.63) is 89.5 Å². The Kier molecular flexibility index (Phi) is 7.98. The van der Waals surface area contributed by atoms with Gasteiger partial charge in [0.05, 0.1) is 0 Å². The Morgan fingerprint density at radius 3 is 1.74 bits per heavy atom. The van der Waals surface area contributed by atoms with Gasteiger partial charge in [0.1, 0.15) is 5.75 Å². The minimum absolute atomic E-state index is 0.151. The van der Waals surface area contributed by atoms with Gasteiger partial charge in [0.15, 0.2) is 11.5 Å². The fourth-order valence-corrected chi connectivity index (χ4v) is 3.67. The first-order chi connectivity index (χ1) is 16.3. The van der Waals surface area contributed by atoms with Gasteiger partial charge in [0, 0.05) is 20.8 Å². The van der Waals surface area contributed by atoms with Crippen LogP contribution < -0.4 is 14.2 Å². The molecule has 3 aromatic carbocycles. The summed E-state index contributed by atoms with van der Waals surface area (Å²) < 4.78 is 15.8. The number of hydrogen-bond donors (Lipinski definition) is 0. The highest BCUT2D eigenvalue weighted by atomic mass is 16.6. The predicted octanol–water partition coefficient (Wildman–Crippen LogP) is 5.83. The molecular formula is C28H26O6. The Bertz CT molecular complexity index is 1220. The zero-order valence-electron chi connectivity index (χ0n) is 19.6. The van der Waals surface area contributed by atoms with Gasteiger partial charge >= 0.3 is 17.9 Å². The summed E-state index contributed by atoms with van der Waals surface area (Å²) in [5, 5.41) is 0. The molecule has 0 aliphatic carbocycles. The molecule has 6 heteroatoms. The maximum atomic E-state index is 11.7. The van der Waals surface area contributed by atoms with Crippen molar-refractivity contribution in [2.24, 2.45) is 0 Å². The average molecular weight is 459 g/mol. The molecule has 0 aliphatic rings. The highest BCUT2D eigenvalue weighted by Crippen LogP contribution is 2.39. The van der Waals surface area contributed by atoms with Gasteiger partial charge in [-0.3, -0.25) is 14.4 Å². The van der Waals surface area contributed by atoms with Crippen LogP contribution >= 0.6 is 0 Å². The van der Waals surface area contributed by atoms with E-state index in [1.807, 2.05) is 48.5 Å². The van der Waals surface area contributed by atoms with Crippen LogP contribution in [0.4, 0.5) is 0 Å². The van der Waals surface area contributed by atoms with Gasteiger partial charge in [0.2, 0.25) is 0 Å². The van der Waals surface area contributed by atoms with E-state index in [-0.39, 0.29) is 11.5 Å². The third-order valence-corrected chi connectivity index (χ3v) is 4.92. The van der Waals surface area contributed by atoms with Crippen molar-refractivity contribution in [1.29, 1.82) is 0 Å². The second-order valence-electron chi connectivity index (χ2n) is 7.54. The number of rotatable bonds is 7. The van der Waals surface area contributed by atoms with E-state index >= 15 is 0 Å². The standard InChI is InChI=1S/C28H26O6/c1-5-25(21-9-7-6-8-10-21)28(22-11-14-24(15-12-22)32-18(2)29)23-13-16-26(33-19(3)30)27(17-23)34-20(4)31/h6-17H,5H2,1-4H3/b28-25-. The minimum atomic E-state index is -0.527. The lowest BCUT2D eigenvalue weighted by atomic mass is 9.88. The summed E-state index contributed by atoms with van der Waals surface area (Å²) in [6.07, 6.45) is 0.722. The van der Waals surface area contributed by atoms with E-state index in [1.165, 1.54) is 20.8 Å². The van der Waals surface area contributed by atoms with Gasteiger partial charge in [-0.25, -0.2) is 0 Å². The van der Waals surface area contributed by atoms with Crippen molar-refractivity contribution in [2.75, 3.05) is 0 Å². The Morgan fingerprint density at radius 1 is 0.618 bits per heavy atom. The molecular weight excluding hydrogens is 432 g/mol. The summed E-state index contributed by atoms with van der Waals surface area (Å²) in [5.74, 6) is -0.683. The summed E-state index contributed by atoms with van der Waals surface area (Å²) in [5.41, 5.74) is 4.67. The second-order valence-corrected chi connectivity index (χ2v) is 7.54. The summed E-state index contributed by atoms with van der Waals surface area (Å²) in [6.45, 7) is 5.99. The molecule has 3 rings (SSSR count). The number of hydrogen-bond acceptors (Lipinski definition) is 6. The largest absolute Gasteiger partial charge is 0.427 e. The minimum Gasteiger partial charge on any atom is -0.427 e. The van der Waals surface area contributed by atoms with Gasteiger partial charge in [-0.2, -0.15) is 0 Å². The SMILES string of the molecule is CC/C(=C(\c1ccc(OC(C)=O)cc1)c1ccc(OC(C)=O)c(OC(C)=O)c1)c1ccccc1. The molecule has 34 heavy (non-hydrogen) atoms. The molecule has 0 saturated carbocycles. The first-order valence-electron chi connectivity index (χ1n) is 10.9. The van der Waals surface area contributed by atoms with Gasteiger partial charge in [-0.1, -0.05) is 55.5 Å². The molecule has 0 heterocycles. The normalized spacial score (nSPS) is 11.3. The number of carbonyl (C=O) groups is 3. The Hall–Kier alpha value is -4.19. The molecule has 0 saturated heterocycles. The first kappa shape index (κ1) is 24.5. The molecule has 0 unspecified atom stereocenters. The molecule has 0 atom stereocenters. The van der Waals surface area contributed by atoms with Crippen molar-refractivity contribution in [2.45, 2.75) is 34.1 Å². The van der Waals surface area contributed by atoms with Crippen LogP contribution in [-0.4, -0.2) is 17.9 Å². The van der Waals surface area contributed by atoms with E-state index in [0.29, 0.717) is 5.75 Å². The Morgan fingerprint density at radius 2 is 1.18 bits per heavy atom. The molecule has 0 aromatic heterocycles. The quantitative estimate of drug-likeness (QED) is 0.252. The number of esters is 3. The van der Waals surface area contributed by atoms with E-state index in [4.69, 9.17) is 14.2 Å². The van der Waals surface area contributed by atoms with Crippen molar-refractivity contribution in [3.8, 4) is 17.2 Å². The van der Waals surface area contributed by atoms with Crippen molar-refractivity contribution < 1.29 is 28.6 Å². The molecule has 0 spiro atoms. The van der Waals surface area contributed by atoms with Gasteiger partial charge in [0.25, 0.3) is 0 Å². The summed E-state index contributed by atoms with van der Waals surface area (Å²) >= 11 is 0. The topological polar surface area (TPSA) is 78.9 Å². The maximum Gasteiger partial charge on any atom is 0.308 e. The number of carbonyl (C=O) groups excluding carboxylic acids is 3. The highest BCUT2D eigenvalue weighted by molar-refractivity contribution is 5.99. The number of allylic oxidation sites excluding steroid dienone is 1. The summed E-state index contributed by atoms with van der Waals surface area (Å²) in [6, 6.07) is 22.3. The molecule has 6 nitrogen and oxygen atoms in total.